The number of amidine groups is 2. The van der Waals surface area contributed by atoms with Gasteiger partial charge in [0.25, 0.3) is 0 Å². The van der Waals surface area contributed by atoms with Crippen LogP contribution in [0, 0.1) is 5.41 Å². The van der Waals surface area contributed by atoms with Crippen LogP contribution in [-0.2, 0) is 0 Å². The lowest BCUT2D eigenvalue weighted by Gasteiger charge is -2.05. The third-order valence-electron chi connectivity index (χ3n) is 3.00. The fourth-order valence-electron chi connectivity index (χ4n) is 1.81. The molecule has 0 saturated carbocycles. The molecule has 0 bridgehead atoms. The van der Waals surface area contributed by atoms with Crippen LogP contribution in [0.25, 0.3) is 0 Å². The van der Waals surface area contributed by atoms with Gasteiger partial charge < -0.3 is 15.6 Å². The quantitative estimate of drug-likeness (QED) is 0.593. The van der Waals surface area contributed by atoms with E-state index in [1.807, 2.05) is 0 Å². The van der Waals surface area contributed by atoms with E-state index in [1.54, 1.807) is 43.5 Å². The van der Waals surface area contributed by atoms with Crippen molar-refractivity contribution in [3.05, 3.63) is 65.2 Å². The van der Waals surface area contributed by atoms with E-state index in [0.717, 1.165) is 0 Å². The molecule has 0 spiro atoms. The molecule has 0 atom stereocenters. The third kappa shape index (κ3) is 3.49. The number of carboxylic acids is 1. The molecule has 0 saturated heterocycles. The van der Waals surface area contributed by atoms with Crippen LogP contribution in [0.3, 0.4) is 0 Å². The smallest absolute Gasteiger partial charge is 0.335 e. The second-order valence-corrected chi connectivity index (χ2v) is 4.46. The average molecular weight is 297 g/mol. The van der Waals surface area contributed by atoms with Crippen molar-refractivity contribution < 1.29 is 14.6 Å². The standard InChI is InChI=1S/C16H15N3O3/c1-22-13-7-5-10(6-8-13)14(17)19-15(18)11-3-2-4-12(9-11)16(20)21/h2-9H,1H3,(H,20,21)(H3,17,18,19). The predicted molar refractivity (Wildman–Crippen MR) is 83.9 cm³/mol. The molecular weight excluding hydrogens is 282 g/mol. The molecule has 0 heterocycles. The number of hydrogen-bond acceptors (Lipinski definition) is 3. The Labute approximate surface area is 127 Å². The van der Waals surface area contributed by atoms with Gasteiger partial charge in [0.2, 0.25) is 0 Å². The number of aliphatic imine (C=N–C) groups is 1. The number of ether oxygens (including phenoxy) is 1. The van der Waals surface area contributed by atoms with Crippen LogP contribution < -0.4 is 10.5 Å². The van der Waals surface area contributed by atoms with Crippen LogP contribution >= 0.6 is 0 Å². The van der Waals surface area contributed by atoms with Gasteiger partial charge in [-0.1, -0.05) is 12.1 Å². The van der Waals surface area contributed by atoms with Crippen molar-refractivity contribution in [2.45, 2.75) is 0 Å². The molecule has 0 aliphatic rings. The normalized spacial score (nSPS) is 11.0. The molecule has 6 nitrogen and oxygen atoms in total. The van der Waals surface area contributed by atoms with Crippen LogP contribution in [0.4, 0.5) is 0 Å². The summed E-state index contributed by atoms with van der Waals surface area (Å²) in [4.78, 5) is 15.0. The molecule has 0 radical (unpaired) electrons. The van der Waals surface area contributed by atoms with Gasteiger partial charge in [-0.05, 0) is 36.4 Å². The van der Waals surface area contributed by atoms with Crippen molar-refractivity contribution in [3.8, 4) is 5.75 Å². The minimum absolute atomic E-state index is 0.0977. The molecule has 112 valence electrons. The summed E-state index contributed by atoms with van der Waals surface area (Å²) < 4.78 is 5.06. The van der Waals surface area contributed by atoms with Gasteiger partial charge in [-0.15, -0.1) is 0 Å². The van der Waals surface area contributed by atoms with Gasteiger partial charge in [0.15, 0.2) is 5.84 Å². The molecule has 6 heteroatoms. The van der Waals surface area contributed by atoms with E-state index < -0.39 is 5.97 Å². The number of nitrogens with two attached hydrogens (primary N) is 1. The first-order valence-electron chi connectivity index (χ1n) is 6.42. The summed E-state index contributed by atoms with van der Waals surface area (Å²) in [6.45, 7) is 0. The van der Waals surface area contributed by atoms with Crippen molar-refractivity contribution in [1.82, 2.24) is 0 Å². The Kier molecular flexibility index (Phi) is 4.53. The highest BCUT2D eigenvalue weighted by Gasteiger charge is 2.07. The minimum Gasteiger partial charge on any atom is -0.497 e. The molecule has 2 aromatic rings. The Morgan fingerprint density at radius 2 is 1.77 bits per heavy atom. The zero-order valence-electron chi connectivity index (χ0n) is 11.9. The van der Waals surface area contributed by atoms with Crippen LogP contribution in [0.5, 0.6) is 5.75 Å². The number of hydrogen-bond donors (Lipinski definition) is 3. The Bertz CT molecular complexity index is 737. The van der Waals surface area contributed by atoms with Gasteiger partial charge >= 0.3 is 5.97 Å². The highest BCUT2D eigenvalue weighted by atomic mass is 16.5. The Morgan fingerprint density at radius 1 is 1.14 bits per heavy atom. The average Bonchev–Trinajstić information content (AvgIpc) is 2.54. The summed E-state index contributed by atoms with van der Waals surface area (Å²) in [6, 6.07) is 13.0. The first-order valence-corrected chi connectivity index (χ1v) is 6.42. The molecule has 4 N–H and O–H groups in total. The molecule has 2 rings (SSSR count). The van der Waals surface area contributed by atoms with Gasteiger partial charge in [-0.2, -0.15) is 0 Å². The van der Waals surface area contributed by atoms with Crippen molar-refractivity contribution in [2.24, 2.45) is 10.7 Å². The van der Waals surface area contributed by atoms with E-state index in [0.29, 0.717) is 16.9 Å². The molecule has 0 aliphatic carbocycles. The highest BCUT2D eigenvalue weighted by Crippen LogP contribution is 2.12. The Balaban J connectivity index is 2.25. The molecule has 0 aliphatic heterocycles. The number of methoxy groups -OCH3 is 1. The molecule has 0 unspecified atom stereocenters. The summed E-state index contributed by atoms with van der Waals surface area (Å²) in [5.41, 5.74) is 7.01. The van der Waals surface area contributed by atoms with Gasteiger partial charge in [0, 0.05) is 11.1 Å². The second kappa shape index (κ2) is 6.53. The van der Waals surface area contributed by atoms with Crippen molar-refractivity contribution >= 4 is 17.6 Å². The van der Waals surface area contributed by atoms with E-state index in [9.17, 15) is 4.79 Å². The number of carboxylic acid groups (broad SMARTS) is 1. The minimum atomic E-state index is -1.05. The number of nitrogens with zero attached hydrogens (tertiary/aromatic N) is 1. The maximum absolute atomic E-state index is 10.9. The first kappa shape index (κ1) is 15.2. The van der Waals surface area contributed by atoms with Crippen LogP contribution in [-0.4, -0.2) is 29.9 Å². The third-order valence-corrected chi connectivity index (χ3v) is 3.00. The number of rotatable bonds is 4. The molecule has 22 heavy (non-hydrogen) atoms. The molecule has 0 amide bonds. The highest BCUT2D eigenvalue weighted by molar-refractivity contribution is 6.10. The van der Waals surface area contributed by atoms with Gasteiger partial charge in [0.1, 0.15) is 11.6 Å². The van der Waals surface area contributed by atoms with Gasteiger partial charge in [-0.25, -0.2) is 9.79 Å². The van der Waals surface area contributed by atoms with E-state index in [2.05, 4.69) is 4.99 Å². The van der Waals surface area contributed by atoms with Gasteiger partial charge in [0.05, 0.1) is 12.7 Å². The maximum atomic E-state index is 10.9. The maximum Gasteiger partial charge on any atom is 0.335 e. The second-order valence-electron chi connectivity index (χ2n) is 4.46. The van der Waals surface area contributed by atoms with E-state index in [1.165, 1.54) is 12.1 Å². The fraction of sp³-hybridized carbons (Fsp3) is 0.0625. The number of nitrogens with one attached hydrogen (secondary N) is 1. The topological polar surface area (TPSA) is 109 Å². The monoisotopic (exact) mass is 297 g/mol. The van der Waals surface area contributed by atoms with Crippen molar-refractivity contribution in [3.63, 3.8) is 0 Å². The molecule has 0 aromatic heterocycles. The van der Waals surface area contributed by atoms with Crippen molar-refractivity contribution in [2.75, 3.05) is 7.11 Å². The molecule has 2 aromatic carbocycles. The largest absolute Gasteiger partial charge is 0.497 e. The fourth-order valence-corrected chi connectivity index (χ4v) is 1.81. The van der Waals surface area contributed by atoms with Crippen LogP contribution in [0.2, 0.25) is 0 Å². The number of aromatic carboxylic acids is 1. The lowest BCUT2D eigenvalue weighted by atomic mass is 10.1. The summed E-state index contributed by atoms with van der Waals surface area (Å²) in [7, 11) is 1.57. The summed E-state index contributed by atoms with van der Waals surface area (Å²) in [5.74, 6) is -0.285. The van der Waals surface area contributed by atoms with E-state index in [-0.39, 0.29) is 17.2 Å². The van der Waals surface area contributed by atoms with Gasteiger partial charge in [-0.3, -0.25) is 5.41 Å². The number of carbonyl (C=O) groups is 1. The molecule has 0 fully saturated rings. The van der Waals surface area contributed by atoms with Crippen LogP contribution in [0.15, 0.2) is 53.5 Å². The zero-order chi connectivity index (χ0) is 16.1. The van der Waals surface area contributed by atoms with E-state index in [4.69, 9.17) is 21.0 Å². The predicted octanol–water partition coefficient (Wildman–Crippen LogP) is 2.12. The Morgan fingerprint density at radius 3 is 2.36 bits per heavy atom. The summed E-state index contributed by atoms with van der Waals surface area (Å²) >= 11 is 0. The lowest BCUT2D eigenvalue weighted by molar-refractivity contribution is 0.0697. The SMILES string of the molecule is COc1ccc(C(N)=NC(=N)c2cccc(C(=O)O)c2)cc1. The lowest BCUT2D eigenvalue weighted by Crippen LogP contribution is -2.16. The summed E-state index contributed by atoms with van der Waals surface area (Å²) in [6.07, 6.45) is 0. The molecular formula is C16H15N3O3. The van der Waals surface area contributed by atoms with Crippen LogP contribution in [0.1, 0.15) is 21.5 Å². The number of benzene rings is 2. The van der Waals surface area contributed by atoms with E-state index >= 15 is 0 Å². The Hall–Kier alpha value is -3.15. The zero-order valence-corrected chi connectivity index (χ0v) is 11.9. The first-order chi connectivity index (χ1) is 10.5. The summed E-state index contributed by atoms with van der Waals surface area (Å²) in [5, 5.41) is 16.9. The van der Waals surface area contributed by atoms with Crippen molar-refractivity contribution in [1.29, 1.82) is 5.41 Å².